The summed E-state index contributed by atoms with van der Waals surface area (Å²) in [6.07, 6.45) is 0. The van der Waals surface area contributed by atoms with Gasteiger partial charge in [0.05, 0.1) is 0 Å². The molecule has 1 aromatic rings. The molecular formula is C10H13NOS. The van der Waals surface area contributed by atoms with Crippen LogP contribution in [-0.4, -0.2) is 11.8 Å². The number of carbonyl (C=O) groups excluding carboxylic acids is 1. The minimum Gasteiger partial charge on any atom is -0.347 e. The van der Waals surface area contributed by atoms with Crippen LogP contribution in [-0.2, 0) is 5.75 Å². The van der Waals surface area contributed by atoms with Crippen LogP contribution in [0.5, 0.6) is 0 Å². The van der Waals surface area contributed by atoms with Crippen molar-refractivity contribution in [1.82, 2.24) is 5.32 Å². The van der Waals surface area contributed by atoms with Crippen molar-refractivity contribution in [3.05, 3.63) is 35.9 Å². The molecule has 0 aliphatic carbocycles. The smallest absolute Gasteiger partial charge is 0.279 e. The molecule has 0 spiro atoms. The molecule has 0 aliphatic heterocycles. The predicted molar refractivity (Wildman–Crippen MR) is 56.8 cm³/mol. The summed E-state index contributed by atoms with van der Waals surface area (Å²) in [4.78, 5) is 11.1. The second-order valence-electron chi connectivity index (χ2n) is 2.59. The molecule has 0 aromatic heterocycles. The van der Waals surface area contributed by atoms with Gasteiger partial charge >= 0.3 is 0 Å². The van der Waals surface area contributed by atoms with Crippen molar-refractivity contribution in [2.24, 2.45) is 0 Å². The van der Waals surface area contributed by atoms with E-state index in [1.807, 2.05) is 37.3 Å². The van der Waals surface area contributed by atoms with Crippen molar-refractivity contribution in [3.63, 3.8) is 0 Å². The molecule has 0 bridgehead atoms. The van der Waals surface area contributed by atoms with E-state index in [-0.39, 0.29) is 5.24 Å². The van der Waals surface area contributed by atoms with Crippen molar-refractivity contribution in [1.29, 1.82) is 0 Å². The Morgan fingerprint density at radius 1 is 1.38 bits per heavy atom. The number of rotatable bonds is 3. The minimum absolute atomic E-state index is 0.0475. The molecule has 1 amide bonds. The summed E-state index contributed by atoms with van der Waals surface area (Å²) < 4.78 is 0. The highest BCUT2D eigenvalue weighted by atomic mass is 32.2. The second kappa shape index (κ2) is 5.65. The highest BCUT2D eigenvalue weighted by Gasteiger charge is 1.99. The topological polar surface area (TPSA) is 29.1 Å². The Morgan fingerprint density at radius 3 is 2.69 bits per heavy atom. The van der Waals surface area contributed by atoms with Crippen LogP contribution in [0.3, 0.4) is 0 Å². The molecule has 0 fully saturated rings. The lowest BCUT2D eigenvalue weighted by molar-refractivity contribution is 0.261. The molecule has 0 saturated carbocycles. The van der Waals surface area contributed by atoms with Crippen molar-refractivity contribution >= 4 is 17.0 Å². The molecule has 0 saturated heterocycles. The fraction of sp³-hybridized carbons (Fsp3) is 0.300. The number of amides is 1. The van der Waals surface area contributed by atoms with E-state index in [1.165, 1.54) is 17.3 Å². The Hall–Kier alpha value is -0.960. The first kappa shape index (κ1) is 10.1. The molecule has 1 rings (SSSR count). The Morgan fingerprint density at radius 2 is 2.08 bits per heavy atom. The molecule has 0 unspecified atom stereocenters. The van der Waals surface area contributed by atoms with Crippen LogP contribution in [0, 0.1) is 0 Å². The number of thioether (sulfide) groups is 1. The zero-order valence-corrected chi connectivity index (χ0v) is 8.43. The number of nitrogens with one attached hydrogen (secondary N) is 1. The maximum atomic E-state index is 11.1. The third kappa shape index (κ3) is 3.99. The van der Waals surface area contributed by atoms with Gasteiger partial charge in [-0.15, -0.1) is 0 Å². The average Bonchev–Trinajstić information content (AvgIpc) is 2.17. The largest absolute Gasteiger partial charge is 0.347 e. The first-order valence-electron chi connectivity index (χ1n) is 4.27. The van der Waals surface area contributed by atoms with Crippen molar-refractivity contribution in [3.8, 4) is 0 Å². The van der Waals surface area contributed by atoms with E-state index in [9.17, 15) is 4.79 Å². The standard InChI is InChI=1S/C10H13NOS/c1-2-11-10(12)13-8-9-6-4-3-5-7-9/h3-7H,2,8H2,1H3,(H,11,12). The third-order valence-corrected chi connectivity index (χ3v) is 2.42. The van der Waals surface area contributed by atoms with E-state index in [2.05, 4.69) is 5.32 Å². The fourth-order valence-electron chi connectivity index (χ4n) is 0.918. The van der Waals surface area contributed by atoms with Gasteiger partial charge in [-0.25, -0.2) is 0 Å². The molecule has 1 N–H and O–H groups in total. The molecule has 0 aliphatic rings. The maximum Gasteiger partial charge on any atom is 0.279 e. The number of hydrogen-bond donors (Lipinski definition) is 1. The molecule has 70 valence electrons. The molecule has 0 radical (unpaired) electrons. The first-order chi connectivity index (χ1) is 6.33. The summed E-state index contributed by atoms with van der Waals surface area (Å²) >= 11 is 1.30. The lowest BCUT2D eigenvalue weighted by Gasteiger charge is -2.01. The summed E-state index contributed by atoms with van der Waals surface area (Å²) in [5.41, 5.74) is 1.18. The Bertz CT molecular complexity index is 261. The van der Waals surface area contributed by atoms with E-state index < -0.39 is 0 Å². The highest BCUT2D eigenvalue weighted by Crippen LogP contribution is 2.11. The van der Waals surface area contributed by atoms with Gasteiger partial charge in [0.1, 0.15) is 0 Å². The van der Waals surface area contributed by atoms with Crippen LogP contribution in [0.2, 0.25) is 0 Å². The van der Waals surface area contributed by atoms with Gasteiger partial charge in [-0.05, 0) is 12.5 Å². The predicted octanol–water partition coefficient (Wildman–Crippen LogP) is 2.65. The first-order valence-corrected chi connectivity index (χ1v) is 5.26. The Balaban J connectivity index is 2.31. The van der Waals surface area contributed by atoms with Gasteiger partial charge in [0.2, 0.25) is 0 Å². The summed E-state index contributed by atoms with van der Waals surface area (Å²) in [6, 6.07) is 9.97. The molecular weight excluding hydrogens is 182 g/mol. The van der Waals surface area contributed by atoms with Crippen LogP contribution in [0.4, 0.5) is 4.79 Å². The van der Waals surface area contributed by atoms with Crippen molar-refractivity contribution < 1.29 is 4.79 Å². The fourth-order valence-corrected chi connectivity index (χ4v) is 1.66. The molecule has 2 nitrogen and oxygen atoms in total. The summed E-state index contributed by atoms with van der Waals surface area (Å²) in [5, 5.41) is 2.79. The lowest BCUT2D eigenvalue weighted by Crippen LogP contribution is -2.17. The van der Waals surface area contributed by atoms with Gasteiger partial charge < -0.3 is 5.32 Å². The SMILES string of the molecule is CCNC(=O)SCc1ccccc1. The quantitative estimate of drug-likeness (QED) is 0.803. The van der Waals surface area contributed by atoms with E-state index in [0.29, 0.717) is 6.54 Å². The van der Waals surface area contributed by atoms with Gasteiger partial charge in [-0.1, -0.05) is 42.1 Å². The number of hydrogen-bond acceptors (Lipinski definition) is 2. The zero-order valence-electron chi connectivity index (χ0n) is 7.62. The van der Waals surface area contributed by atoms with E-state index in [0.717, 1.165) is 5.75 Å². The maximum absolute atomic E-state index is 11.1. The third-order valence-electron chi connectivity index (χ3n) is 1.53. The van der Waals surface area contributed by atoms with Crippen LogP contribution in [0.1, 0.15) is 12.5 Å². The van der Waals surface area contributed by atoms with E-state index in [4.69, 9.17) is 0 Å². The molecule has 3 heteroatoms. The van der Waals surface area contributed by atoms with Crippen LogP contribution < -0.4 is 5.32 Å². The van der Waals surface area contributed by atoms with E-state index >= 15 is 0 Å². The summed E-state index contributed by atoms with van der Waals surface area (Å²) in [5.74, 6) is 0.743. The number of carbonyl (C=O) groups is 1. The number of benzene rings is 1. The van der Waals surface area contributed by atoms with Crippen molar-refractivity contribution in [2.45, 2.75) is 12.7 Å². The molecule has 0 atom stereocenters. The van der Waals surface area contributed by atoms with Gasteiger partial charge in [-0.3, -0.25) is 4.79 Å². The monoisotopic (exact) mass is 195 g/mol. The highest BCUT2D eigenvalue weighted by molar-refractivity contribution is 8.12. The zero-order chi connectivity index (χ0) is 9.52. The molecule has 0 heterocycles. The molecule has 13 heavy (non-hydrogen) atoms. The Labute approximate surface area is 82.7 Å². The minimum atomic E-state index is 0.0475. The van der Waals surface area contributed by atoms with Crippen LogP contribution in [0.15, 0.2) is 30.3 Å². The second-order valence-corrected chi connectivity index (χ2v) is 3.54. The molecule has 1 aromatic carbocycles. The summed E-state index contributed by atoms with van der Waals surface area (Å²) in [7, 11) is 0. The van der Waals surface area contributed by atoms with E-state index in [1.54, 1.807) is 0 Å². The van der Waals surface area contributed by atoms with Gasteiger partial charge in [0.25, 0.3) is 5.24 Å². The van der Waals surface area contributed by atoms with Gasteiger partial charge in [0, 0.05) is 12.3 Å². The summed E-state index contributed by atoms with van der Waals surface area (Å²) in [6.45, 7) is 2.61. The normalized spacial score (nSPS) is 9.62. The van der Waals surface area contributed by atoms with Crippen molar-refractivity contribution in [2.75, 3.05) is 6.54 Å². The Kier molecular flexibility index (Phi) is 4.40. The van der Waals surface area contributed by atoms with Gasteiger partial charge in [0.15, 0.2) is 0 Å². The van der Waals surface area contributed by atoms with Crippen LogP contribution >= 0.6 is 11.8 Å². The van der Waals surface area contributed by atoms with Gasteiger partial charge in [-0.2, -0.15) is 0 Å². The van der Waals surface area contributed by atoms with Crippen LogP contribution in [0.25, 0.3) is 0 Å². The average molecular weight is 195 g/mol. The lowest BCUT2D eigenvalue weighted by atomic mass is 10.2.